The van der Waals surface area contributed by atoms with Gasteiger partial charge in [-0.25, -0.2) is 0 Å². The number of amides is 2. The van der Waals surface area contributed by atoms with Crippen LogP contribution >= 0.6 is 0 Å². The molecule has 0 atom stereocenters. The highest BCUT2D eigenvalue weighted by molar-refractivity contribution is 5.84. The van der Waals surface area contributed by atoms with E-state index >= 15 is 0 Å². The summed E-state index contributed by atoms with van der Waals surface area (Å²) in [5.74, 6) is 1.49. The second-order valence-corrected chi connectivity index (χ2v) is 11.1. The molecule has 1 fully saturated rings. The highest BCUT2D eigenvalue weighted by Crippen LogP contribution is 2.28. The molecule has 0 bridgehead atoms. The Morgan fingerprint density at radius 1 is 0.878 bits per heavy atom. The number of nitrogens with zero attached hydrogens (tertiary/aromatic N) is 3. The minimum atomic E-state index is -0.0467. The molecule has 220 valence electrons. The van der Waals surface area contributed by atoms with Gasteiger partial charge in [0, 0.05) is 51.7 Å². The zero-order valence-corrected chi connectivity index (χ0v) is 24.7. The van der Waals surface area contributed by atoms with Gasteiger partial charge < -0.3 is 23.8 Å². The van der Waals surface area contributed by atoms with E-state index in [1.807, 2.05) is 65.7 Å². The van der Waals surface area contributed by atoms with Gasteiger partial charge in [-0.3, -0.25) is 9.59 Å². The summed E-state index contributed by atoms with van der Waals surface area (Å²) in [7, 11) is 3.34. The predicted octanol–water partition coefficient (Wildman–Crippen LogP) is 5.91. The summed E-state index contributed by atoms with van der Waals surface area (Å²) in [5, 5.41) is 0. The van der Waals surface area contributed by atoms with Crippen molar-refractivity contribution in [3.05, 3.63) is 89.7 Å². The Morgan fingerprint density at radius 2 is 1.66 bits per heavy atom. The van der Waals surface area contributed by atoms with Crippen LogP contribution in [0.25, 0.3) is 0 Å². The minimum absolute atomic E-state index is 0.0467. The maximum atomic E-state index is 13.9. The van der Waals surface area contributed by atoms with Crippen LogP contribution in [0.5, 0.6) is 5.75 Å². The first-order valence-corrected chi connectivity index (χ1v) is 14.9. The molecule has 4 rings (SSSR count). The lowest BCUT2D eigenvalue weighted by Crippen LogP contribution is -2.43. The second kappa shape index (κ2) is 16.0. The molecular formula is C34H45N3O4. The van der Waals surface area contributed by atoms with Crippen molar-refractivity contribution >= 4 is 11.8 Å². The average molecular weight is 560 g/mol. The largest absolute Gasteiger partial charge is 0.497 e. The zero-order chi connectivity index (χ0) is 28.9. The van der Waals surface area contributed by atoms with Crippen LogP contribution in [0.4, 0.5) is 0 Å². The molecule has 2 amide bonds. The molecule has 1 aliphatic rings. The fourth-order valence-corrected chi connectivity index (χ4v) is 5.69. The SMILES string of the molecule is COCCCN(CC(=O)N(Cc1ccccc1)Cc1cccn1Cc1cccc(OC)c1)C(=O)CCC1CCCC1. The van der Waals surface area contributed by atoms with Crippen molar-refractivity contribution in [3.63, 3.8) is 0 Å². The summed E-state index contributed by atoms with van der Waals surface area (Å²) in [6, 6.07) is 22.2. The van der Waals surface area contributed by atoms with Gasteiger partial charge in [-0.15, -0.1) is 0 Å². The number of rotatable bonds is 16. The monoisotopic (exact) mass is 559 g/mol. The quantitative estimate of drug-likeness (QED) is 0.205. The van der Waals surface area contributed by atoms with E-state index in [9.17, 15) is 9.59 Å². The van der Waals surface area contributed by atoms with Gasteiger partial charge in [-0.05, 0) is 54.2 Å². The molecule has 0 saturated heterocycles. The van der Waals surface area contributed by atoms with Crippen molar-refractivity contribution in [1.29, 1.82) is 0 Å². The highest BCUT2D eigenvalue weighted by Gasteiger charge is 2.24. The third kappa shape index (κ3) is 9.49. The molecular weight excluding hydrogens is 514 g/mol. The van der Waals surface area contributed by atoms with Gasteiger partial charge in [0.1, 0.15) is 5.75 Å². The van der Waals surface area contributed by atoms with E-state index in [1.54, 1.807) is 19.1 Å². The minimum Gasteiger partial charge on any atom is -0.497 e. The molecule has 0 spiro atoms. The van der Waals surface area contributed by atoms with Gasteiger partial charge >= 0.3 is 0 Å². The van der Waals surface area contributed by atoms with E-state index in [4.69, 9.17) is 9.47 Å². The Hall–Kier alpha value is -3.58. The van der Waals surface area contributed by atoms with Gasteiger partial charge in [-0.2, -0.15) is 0 Å². The molecule has 0 unspecified atom stereocenters. The van der Waals surface area contributed by atoms with E-state index in [1.165, 1.54) is 25.7 Å². The number of aromatic nitrogens is 1. The molecule has 1 saturated carbocycles. The van der Waals surface area contributed by atoms with E-state index in [2.05, 4.69) is 16.7 Å². The molecule has 7 nitrogen and oxygen atoms in total. The van der Waals surface area contributed by atoms with Crippen molar-refractivity contribution < 1.29 is 19.1 Å². The summed E-state index contributed by atoms with van der Waals surface area (Å²) in [4.78, 5) is 30.9. The molecule has 0 N–H and O–H groups in total. The van der Waals surface area contributed by atoms with Crippen LogP contribution in [-0.4, -0.2) is 60.1 Å². The number of methoxy groups -OCH3 is 2. The normalized spacial score (nSPS) is 13.3. The van der Waals surface area contributed by atoms with Crippen LogP contribution in [0.1, 0.15) is 61.8 Å². The number of carbonyl (C=O) groups excluding carboxylic acids is 2. The van der Waals surface area contributed by atoms with Crippen molar-refractivity contribution in [2.24, 2.45) is 5.92 Å². The number of carbonyl (C=O) groups is 2. The van der Waals surface area contributed by atoms with E-state index < -0.39 is 0 Å². The lowest BCUT2D eigenvalue weighted by Gasteiger charge is -2.29. The van der Waals surface area contributed by atoms with Gasteiger partial charge in [0.05, 0.1) is 20.2 Å². The predicted molar refractivity (Wildman–Crippen MR) is 161 cm³/mol. The molecule has 1 aliphatic carbocycles. The Morgan fingerprint density at radius 3 is 2.41 bits per heavy atom. The zero-order valence-electron chi connectivity index (χ0n) is 24.7. The number of hydrogen-bond acceptors (Lipinski definition) is 4. The maximum absolute atomic E-state index is 13.9. The van der Waals surface area contributed by atoms with Gasteiger partial charge in [-0.1, -0.05) is 68.1 Å². The molecule has 2 aromatic carbocycles. The Labute approximate surface area is 245 Å². The number of benzene rings is 2. The first-order chi connectivity index (χ1) is 20.1. The van der Waals surface area contributed by atoms with Crippen molar-refractivity contribution in [2.45, 2.75) is 64.6 Å². The van der Waals surface area contributed by atoms with E-state index in [0.29, 0.717) is 51.5 Å². The summed E-state index contributed by atoms with van der Waals surface area (Å²) in [6.45, 7) is 2.77. The lowest BCUT2D eigenvalue weighted by molar-refractivity contribution is -0.141. The molecule has 1 heterocycles. The second-order valence-electron chi connectivity index (χ2n) is 11.1. The van der Waals surface area contributed by atoms with E-state index in [-0.39, 0.29) is 18.4 Å². The van der Waals surface area contributed by atoms with Crippen LogP contribution in [0.2, 0.25) is 0 Å². The fourth-order valence-electron chi connectivity index (χ4n) is 5.69. The van der Waals surface area contributed by atoms with Crippen LogP contribution < -0.4 is 4.74 Å². The van der Waals surface area contributed by atoms with Gasteiger partial charge in [0.2, 0.25) is 11.8 Å². The Kier molecular flexibility index (Phi) is 11.9. The summed E-state index contributed by atoms with van der Waals surface area (Å²) >= 11 is 0. The molecule has 41 heavy (non-hydrogen) atoms. The summed E-state index contributed by atoms with van der Waals surface area (Å²) < 4.78 is 12.8. The standard InChI is InChI=1S/C34H45N3O4/c1-40-22-10-21-36(33(38)19-18-28-11-6-7-12-28)27-34(39)37(24-29-13-4-3-5-14-29)26-31-16-9-20-35(31)25-30-15-8-17-32(23-30)41-2/h3-5,8-9,13-17,20,23,28H,6-7,10-12,18-19,21-22,24-27H2,1-2H3. The third-order valence-electron chi connectivity index (χ3n) is 8.03. The molecule has 0 radical (unpaired) electrons. The first kappa shape index (κ1) is 30.4. The summed E-state index contributed by atoms with van der Waals surface area (Å²) in [6.07, 6.45) is 9.15. The van der Waals surface area contributed by atoms with Crippen molar-refractivity contribution in [1.82, 2.24) is 14.4 Å². The number of ether oxygens (including phenoxy) is 2. The van der Waals surface area contributed by atoms with Crippen molar-refractivity contribution in [2.75, 3.05) is 33.9 Å². The average Bonchev–Trinajstić information content (AvgIpc) is 3.68. The highest BCUT2D eigenvalue weighted by atomic mass is 16.5. The van der Waals surface area contributed by atoms with Crippen LogP contribution in [0.3, 0.4) is 0 Å². The van der Waals surface area contributed by atoms with Gasteiger partial charge in [0.15, 0.2) is 0 Å². The topological polar surface area (TPSA) is 64.0 Å². The molecule has 3 aromatic rings. The Balaban J connectivity index is 1.49. The van der Waals surface area contributed by atoms with Crippen molar-refractivity contribution in [3.8, 4) is 5.75 Å². The molecule has 7 heteroatoms. The van der Waals surface area contributed by atoms with Gasteiger partial charge in [0.25, 0.3) is 0 Å². The van der Waals surface area contributed by atoms with Crippen LogP contribution in [0.15, 0.2) is 72.9 Å². The third-order valence-corrected chi connectivity index (χ3v) is 8.03. The molecule has 1 aromatic heterocycles. The smallest absolute Gasteiger partial charge is 0.242 e. The van der Waals surface area contributed by atoms with E-state index in [0.717, 1.165) is 29.0 Å². The molecule has 0 aliphatic heterocycles. The summed E-state index contributed by atoms with van der Waals surface area (Å²) in [5.41, 5.74) is 3.22. The van der Waals surface area contributed by atoms with Crippen LogP contribution in [0, 0.1) is 5.92 Å². The Bertz CT molecular complexity index is 1220. The number of hydrogen-bond donors (Lipinski definition) is 0. The maximum Gasteiger partial charge on any atom is 0.242 e. The fraction of sp³-hybridized carbons (Fsp3) is 0.471. The lowest BCUT2D eigenvalue weighted by atomic mass is 10.0. The van der Waals surface area contributed by atoms with Crippen LogP contribution in [-0.2, 0) is 34.0 Å². The first-order valence-electron chi connectivity index (χ1n) is 14.9.